The molecule has 7 heteroatoms. The molecule has 7 nitrogen and oxygen atoms in total. The molecule has 0 spiro atoms. The zero-order valence-corrected chi connectivity index (χ0v) is 11.1. The van der Waals surface area contributed by atoms with Crippen molar-refractivity contribution >= 4 is 22.8 Å². The van der Waals surface area contributed by atoms with E-state index in [1.807, 2.05) is 0 Å². The number of non-ortho nitro benzene ring substituents is 1. The van der Waals surface area contributed by atoms with Crippen LogP contribution in [0.5, 0.6) is 0 Å². The van der Waals surface area contributed by atoms with Crippen LogP contribution in [0.25, 0.3) is 11.1 Å². The van der Waals surface area contributed by atoms with Crippen molar-refractivity contribution in [3.05, 3.63) is 28.3 Å². The maximum absolute atomic E-state index is 11.0. The first kappa shape index (κ1) is 12.9. The molecule has 2 heterocycles. The summed E-state index contributed by atoms with van der Waals surface area (Å²) in [6.45, 7) is 3.11. The molecule has 3 rings (SSSR count). The van der Waals surface area contributed by atoms with Crippen LogP contribution >= 0.6 is 0 Å². The van der Waals surface area contributed by atoms with Crippen LogP contribution < -0.4 is 10.6 Å². The Kier molecular flexibility index (Phi) is 3.27. The number of rotatable bonds is 3. The average Bonchev–Trinajstić information content (AvgIpc) is 2.83. The first-order valence-electron chi connectivity index (χ1n) is 6.69. The Morgan fingerprint density at radius 3 is 3.15 bits per heavy atom. The molecule has 2 unspecified atom stereocenters. The van der Waals surface area contributed by atoms with Gasteiger partial charge in [-0.05, 0) is 32.4 Å². The lowest BCUT2D eigenvalue weighted by Gasteiger charge is -2.29. The molecule has 2 atom stereocenters. The van der Waals surface area contributed by atoms with E-state index in [1.54, 1.807) is 12.1 Å². The monoisotopic (exact) mass is 276 g/mol. The van der Waals surface area contributed by atoms with E-state index in [-0.39, 0.29) is 17.2 Å². The predicted octanol–water partition coefficient (Wildman–Crippen LogP) is 2.29. The third-order valence-electron chi connectivity index (χ3n) is 3.67. The number of aromatic nitrogens is 1. The third-order valence-corrected chi connectivity index (χ3v) is 3.67. The zero-order valence-electron chi connectivity index (χ0n) is 11.1. The molecule has 1 fully saturated rings. The first-order valence-corrected chi connectivity index (χ1v) is 6.69. The minimum absolute atomic E-state index is 0.0332. The number of benzene rings is 1. The molecule has 20 heavy (non-hydrogen) atoms. The van der Waals surface area contributed by atoms with Crippen LogP contribution in [0.2, 0.25) is 0 Å². The number of hydrogen-bond acceptors (Lipinski definition) is 6. The van der Waals surface area contributed by atoms with Crippen molar-refractivity contribution in [3.8, 4) is 0 Å². The summed E-state index contributed by atoms with van der Waals surface area (Å²) in [5, 5.41) is 17.6. The predicted molar refractivity (Wildman–Crippen MR) is 74.8 cm³/mol. The molecule has 1 aromatic carbocycles. The normalized spacial score (nSPS) is 22.9. The van der Waals surface area contributed by atoms with Crippen molar-refractivity contribution in [2.45, 2.75) is 31.8 Å². The van der Waals surface area contributed by atoms with E-state index in [1.165, 1.54) is 6.07 Å². The van der Waals surface area contributed by atoms with Crippen LogP contribution in [0.1, 0.15) is 19.8 Å². The summed E-state index contributed by atoms with van der Waals surface area (Å²) in [4.78, 5) is 14.7. The summed E-state index contributed by atoms with van der Waals surface area (Å²) in [7, 11) is 0. The number of para-hydroxylation sites is 1. The lowest BCUT2D eigenvalue weighted by atomic mass is 10.0. The fraction of sp³-hybridized carbons (Fsp3) is 0.462. The van der Waals surface area contributed by atoms with Crippen LogP contribution in [-0.2, 0) is 0 Å². The molecule has 1 aliphatic heterocycles. The van der Waals surface area contributed by atoms with Crippen LogP contribution in [0.15, 0.2) is 22.6 Å². The van der Waals surface area contributed by atoms with Crippen LogP contribution in [-0.4, -0.2) is 28.5 Å². The highest BCUT2D eigenvalue weighted by Gasteiger charge is 2.23. The molecule has 2 aromatic rings. The number of oxazole rings is 1. The van der Waals surface area contributed by atoms with Gasteiger partial charge >= 0.3 is 0 Å². The molecule has 1 aromatic heterocycles. The van der Waals surface area contributed by atoms with Gasteiger partial charge in [0, 0.05) is 18.2 Å². The van der Waals surface area contributed by atoms with Gasteiger partial charge in [-0.1, -0.05) is 6.07 Å². The molecule has 0 amide bonds. The molecule has 0 radical (unpaired) electrons. The van der Waals surface area contributed by atoms with Gasteiger partial charge in [0.05, 0.1) is 4.92 Å². The summed E-state index contributed by atoms with van der Waals surface area (Å²) in [6, 6.07) is 5.59. The fourth-order valence-corrected chi connectivity index (χ4v) is 2.54. The maximum atomic E-state index is 11.0. The number of piperidine rings is 1. The van der Waals surface area contributed by atoms with E-state index >= 15 is 0 Å². The zero-order chi connectivity index (χ0) is 14.1. The van der Waals surface area contributed by atoms with Crippen LogP contribution in [0.3, 0.4) is 0 Å². The molecular formula is C13H16N4O3. The van der Waals surface area contributed by atoms with Crippen LogP contribution in [0.4, 0.5) is 11.7 Å². The quantitative estimate of drug-likeness (QED) is 0.660. The molecule has 106 valence electrons. The number of nitro benzene ring substituents is 1. The Morgan fingerprint density at radius 2 is 2.40 bits per heavy atom. The summed E-state index contributed by atoms with van der Waals surface area (Å²) in [5.41, 5.74) is 0.684. The molecule has 0 bridgehead atoms. The van der Waals surface area contributed by atoms with E-state index in [2.05, 4.69) is 22.5 Å². The second-order valence-electron chi connectivity index (χ2n) is 5.04. The Morgan fingerprint density at radius 1 is 1.55 bits per heavy atom. The molecule has 0 aliphatic carbocycles. The molecular weight excluding hydrogens is 260 g/mol. The van der Waals surface area contributed by atoms with Gasteiger partial charge in [0.2, 0.25) is 0 Å². The summed E-state index contributed by atoms with van der Waals surface area (Å²) >= 11 is 0. The van der Waals surface area contributed by atoms with E-state index in [4.69, 9.17) is 4.42 Å². The Hall–Kier alpha value is -2.15. The van der Waals surface area contributed by atoms with Crippen molar-refractivity contribution < 1.29 is 9.34 Å². The summed E-state index contributed by atoms with van der Waals surface area (Å²) in [6.07, 6.45) is 2.11. The Bertz CT molecular complexity index is 640. The molecule has 0 saturated carbocycles. The smallest absolute Gasteiger partial charge is 0.298 e. The standard InChI is InChI=1S/C13H16N4O3/c1-8-9(4-3-7-14-8)15-13-16-12-10(17(18)19)5-2-6-11(12)20-13/h2,5-6,8-9,14H,3-4,7H2,1H3,(H,15,16). The fourth-order valence-electron chi connectivity index (χ4n) is 2.54. The summed E-state index contributed by atoms with van der Waals surface area (Å²) in [5.74, 6) is 0. The number of nitrogens with zero attached hydrogens (tertiary/aromatic N) is 2. The summed E-state index contributed by atoms with van der Waals surface area (Å²) < 4.78 is 5.56. The van der Waals surface area contributed by atoms with Crippen LogP contribution in [0, 0.1) is 10.1 Å². The number of fused-ring (bicyclic) bond motifs is 1. The van der Waals surface area contributed by atoms with Gasteiger partial charge in [0.25, 0.3) is 11.7 Å². The highest BCUT2D eigenvalue weighted by molar-refractivity contribution is 5.84. The number of hydrogen-bond donors (Lipinski definition) is 2. The second-order valence-corrected chi connectivity index (χ2v) is 5.04. The number of nitro groups is 1. The van der Waals surface area contributed by atoms with Gasteiger partial charge in [0.1, 0.15) is 0 Å². The van der Waals surface area contributed by atoms with Gasteiger partial charge in [-0.15, -0.1) is 0 Å². The van der Waals surface area contributed by atoms with E-state index < -0.39 is 4.92 Å². The van der Waals surface area contributed by atoms with Crippen molar-refractivity contribution in [1.82, 2.24) is 10.3 Å². The second kappa shape index (κ2) is 5.09. The Labute approximate surface area is 115 Å². The van der Waals surface area contributed by atoms with E-state index in [0.29, 0.717) is 17.6 Å². The highest BCUT2D eigenvalue weighted by Crippen LogP contribution is 2.28. The lowest BCUT2D eigenvalue weighted by Crippen LogP contribution is -2.46. The maximum Gasteiger partial charge on any atom is 0.298 e. The first-order chi connectivity index (χ1) is 9.65. The van der Waals surface area contributed by atoms with Gasteiger partial charge in [-0.2, -0.15) is 4.98 Å². The lowest BCUT2D eigenvalue weighted by molar-refractivity contribution is -0.383. The minimum atomic E-state index is -0.445. The number of nitrogens with one attached hydrogen (secondary N) is 2. The van der Waals surface area contributed by atoms with Crippen molar-refractivity contribution in [2.75, 3.05) is 11.9 Å². The number of anilines is 1. The molecule has 1 aliphatic rings. The van der Waals surface area contributed by atoms with Gasteiger partial charge in [-0.3, -0.25) is 10.1 Å². The van der Waals surface area contributed by atoms with Gasteiger partial charge < -0.3 is 15.1 Å². The largest absolute Gasteiger partial charge is 0.423 e. The van der Waals surface area contributed by atoms with Gasteiger partial charge in [0.15, 0.2) is 11.1 Å². The van der Waals surface area contributed by atoms with Crippen molar-refractivity contribution in [2.24, 2.45) is 0 Å². The van der Waals surface area contributed by atoms with Crippen molar-refractivity contribution in [3.63, 3.8) is 0 Å². The molecule has 2 N–H and O–H groups in total. The van der Waals surface area contributed by atoms with Gasteiger partial charge in [-0.25, -0.2) is 0 Å². The third kappa shape index (κ3) is 2.32. The SMILES string of the molecule is CC1NCCCC1Nc1nc2c([N+](=O)[O-])cccc2o1. The van der Waals surface area contributed by atoms with E-state index in [0.717, 1.165) is 19.4 Å². The molecule has 1 saturated heterocycles. The van der Waals surface area contributed by atoms with Crippen molar-refractivity contribution in [1.29, 1.82) is 0 Å². The topological polar surface area (TPSA) is 93.2 Å². The highest BCUT2D eigenvalue weighted by atomic mass is 16.6. The van der Waals surface area contributed by atoms with E-state index in [9.17, 15) is 10.1 Å². The Balaban J connectivity index is 1.89. The average molecular weight is 276 g/mol. The minimum Gasteiger partial charge on any atom is -0.423 e.